The lowest BCUT2D eigenvalue weighted by Crippen LogP contribution is -1.94. The molecule has 0 aliphatic carbocycles. The van der Waals surface area contributed by atoms with Crippen molar-refractivity contribution in [2.45, 2.75) is 0 Å². The summed E-state index contributed by atoms with van der Waals surface area (Å²) >= 11 is 0. The van der Waals surface area contributed by atoms with Gasteiger partial charge in [-0.3, -0.25) is 9.97 Å². The third kappa shape index (κ3) is 3.98. The Hall–Kier alpha value is -5.54. The summed E-state index contributed by atoms with van der Waals surface area (Å²) in [5.74, 6) is 0. The molecule has 3 nitrogen and oxygen atoms in total. The van der Waals surface area contributed by atoms with Crippen molar-refractivity contribution in [1.82, 2.24) is 14.5 Å². The third-order valence-electron chi connectivity index (χ3n) is 7.98. The number of fused-ring (bicyclic) bond motifs is 5. The predicted octanol–water partition coefficient (Wildman–Crippen LogP) is 9.73. The van der Waals surface area contributed by atoms with Gasteiger partial charge in [-0.05, 0) is 81.2 Å². The van der Waals surface area contributed by atoms with Crippen LogP contribution in [0.3, 0.4) is 0 Å². The molecular formula is C38H25N3. The van der Waals surface area contributed by atoms with E-state index in [4.69, 9.17) is 0 Å². The van der Waals surface area contributed by atoms with Gasteiger partial charge < -0.3 is 4.57 Å². The molecule has 3 aromatic heterocycles. The molecule has 0 aliphatic heterocycles. The average Bonchev–Trinajstić information content (AvgIpc) is 3.40. The number of hydrogen-bond acceptors (Lipinski definition) is 2. The van der Waals surface area contributed by atoms with E-state index in [0.29, 0.717) is 0 Å². The van der Waals surface area contributed by atoms with Gasteiger partial charge in [0.05, 0.1) is 11.0 Å². The summed E-state index contributed by atoms with van der Waals surface area (Å²) in [4.78, 5) is 8.46. The van der Waals surface area contributed by atoms with Gasteiger partial charge in [0.15, 0.2) is 0 Å². The van der Waals surface area contributed by atoms with E-state index < -0.39 is 0 Å². The number of nitrogens with zero attached hydrogens (tertiary/aromatic N) is 3. The van der Waals surface area contributed by atoms with Gasteiger partial charge in [-0.1, -0.05) is 84.9 Å². The van der Waals surface area contributed by atoms with Crippen LogP contribution in [0.4, 0.5) is 0 Å². The van der Waals surface area contributed by atoms with E-state index in [2.05, 4.69) is 136 Å². The van der Waals surface area contributed by atoms with Crippen LogP contribution in [0.25, 0.3) is 71.6 Å². The zero-order chi connectivity index (χ0) is 27.2. The van der Waals surface area contributed by atoms with Crippen molar-refractivity contribution < 1.29 is 0 Å². The van der Waals surface area contributed by atoms with Crippen LogP contribution in [0.2, 0.25) is 0 Å². The fourth-order valence-corrected chi connectivity index (χ4v) is 5.97. The average molecular weight is 524 g/mol. The highest BCUT2D eigenvalue weighted by atomic mass is 15.0. The van der Waals surface area contributed by atoms with Crippen LogP contribution in [0.1, 0.15) is 0 Å². The Morgan fingerprint density at radius 1 is 0.415 bits per heavy atom. The van der Waals surface area contributed by atoms with Crippen molar-refractivity contribution in [3.63, 3.8) is 0 Å². The third-order valence-corrected chi connectivity index (χ3v) is 7.98. The first kappa shape index (κ1) is 23.4. The molecule has 5 aromatic carbocycles. The first-order valence-electron chi connectivity index (χ1n) is 13.8. The first-order valence-corrected chi connectivity index (χ1v) is 13.8. The lowest BCUT2D eigenvalue weighted by atomic mass is 9.99. The van der Waals surface area contributed by atoms with Crippen LogP contribution >= 0.6 is 0 Å². The number of rotatable bonds is 4. The molecule has 0 saturated heterocycles. The maximum Gasteiger partial charge on any atom is 0.0619 e. The normalized spacial score (nSPS) is 11.4. The summed E-state index contributed by atoms with van der Waals surface area (Å²) in [7, 11) is 0. The smallest absolute Gasteiger partial charge is 0.0619 e. The zero-order valence-corrected chi connectivity index (χ0v) is 22.3. The number of para-hydroxylation sites is 1. The summed E-state index contributed by atoms with van der Waals surface area (Å²) in [5, 5.41) is 4.96. The van der Waals surface area contributed by atoms with E-state index >= 15 is 0 Å². The molecular weight excluding hydrogens is 498 g/mol. The Balaban J connectivity index is 1.34. The molecule has 0 bridgehead atoms. The number of benzene rings is 5. The second kappa shape index (κ2) is 9.58. The molecule has 8 rings (SSSR count). The molecule has 0 amide bonds. The van der Waals surface area contributed by atoms with Crippen LogP contribution in [-0.2, 0) is 0 Å². The van der Waals surface area contributed by atoms with Gasteiger partial charge in [0.2, 0.25) is 0 Å². The molecule has 0 radical (unpaired) electrons. The number of hydrogen-bond donors (Lipinski definition) is 0. The van der Waals surface area contributed by atoms with E-state index in [-0.39, 0.29) is 0 Å². The zero-order valence-electron chi connectivity index (χ0n) is 22.3. The molecule has 0 saturated carbocycles. The highest BCUT2D eigenvalue weighted by Crippen LogP contribution is 2.39. The molecule has 0 fully saturated rings. The van der Waals surface area contributed by atoms with Crippen LogP contribution in [0.15, 0.2) is 152 Å². The predicted molar refractivity (Wildman–Crippen MR) is 170 cm³/mol. The summed E-state index contributed by atoms with van der Waals surface area (Å²) in [6.45, 7) is 0. The second-order valence-electron chi connectivity index (χ2n) is 10.4. The Morgan fingerprint density at radius 3 is 1.83 bits per heavy atom. The van der Waals surface area contributed by atoms with E-state index in [1.165, 1.54) is 60.4 Å². The van der Waals surface area contributed by atoms with Gasteiger partial charge in [0, 0.05) is 46.6 Å². The Labute approximate surface area is 238 Å². The van der Waals surface area contributed by atoms with Crippen molar-refractivity contribution in [2.75, 3.05) is 0 Å². The van der Waals surface area contributed by atoms with Gasteiger partial charge >= 0.3 is 0 Å². The quantitative estimate of drug-likeness (QED) is 0.230. The van der Waals surface area contributed by atoms with Crippen molar-refractivity contribution >= 4 is 32.6 Å². The van der Waals surface area contributed by atoms with Crippen LogP contribution in [0.5, 0.6) is 0 Å². The van der Waals surface area contributed by atoms with Gasteiger partial charge in [0.1, 0.15) is 0 Å². The minimum absolute atomic E-state index is 1.12. The topological polar surface area (TPSA) is 30.7 Å². The van der Waals surface area contributed by atoms with Crippen molar-refractivity contribution in [2.24, 2.45) is 0 Å². The molecule has 0 spiro atoms. The van der Waals surface area contributed by atoms with Gasteiger partial charge in [-0.15, -0.1) is 0 Å². The van der Waals surface area contributed by atoms with E-state index in [1.54, 1.807) is 0 Å². The van der Waals surface area contributed by atoms with Gasteiger partial charge in [-0.2, -0.15) is 0 Å². The van der Waals surface area contributed by atoms with Crippen molar-refractivity contribution in [3.8, 4) is 39.1 Å². The molecule has 41 heavy (non-hydrogen) atoms. The lowest BCUT2D eigenvalue weighted by molar-refractivity contribution is 1.19. The van der Waals surface area contributed by atoms with E-state index in [1.807, 2.05) is 30.9 Å². The Kier molecular flexibility index (Phi) is 5.46. The second-order valence-corrected chi connectivity index (χ2v) is 10.4. The van der Waals surface area contributed by atoms with Crippen LogP contribution in [0, 0.1) is 0 Å². The molecule has 192 valence electrons. The maximum atomic E-state index is 4.27. The molecule has 0 atom stereocenters. The monoisotopic (exact) mass is 523 g/mol. The molecule has 3 heterocycles. The molecule has 0 unspecified atom stereocenters. The van der Waals surface area contributed by atoms with Crippen LogP contribution in [-0.4, -0.2) is 14.5 Å². The van der Waals surface area contributed by atoms with Crippen molar-refractivity contribution in [1.29, 1.82) is 0 Å². The van der Waals surface area contributed by atoms with Crippen molar-refractivity contribution in [3.05, 3.63) is 152 Å². The maximum absolute atomic E-state index is 4.27. The minimum Gasteiger partial charge on any atom is -0.309 e. The van der Waals surface area contributed by atoms with E-state index in [0.717, 1.165) is 11.3 Å². The standard InChI is InChI=1S/C38H25N3/c1-2-6-33(7-3-1)41-37-24-30(26-8-10-27(11-9-26)32-5-4-20-40-25-32)13-16-35(37)36-17-14-31-23-29(12-15-34(31)38(36)41)28-18-21-39-22-19-28/h1-25H. The minimum atomic E-state index is 1.12. The summed E-state index contributed by atoms with van der Waals surface area (Å²) in [6, 6.07) is 45.8. The van der Waals surface area contributed by atoms with E-state index in [9.17, 15) is 0 Å². The summed E-state index contributed by atoms with van der Waals surface area (Å²) in [5.41, 5.74) is 10.6. The van der Waals surface area contributed by atoms with Crippen LogP contribution < -0.4 is 0 Å². The molecule has 0 aliphatic rings. The molecule has 3 heteroatoms. The fraction of sp³-hybridized carbons (Fsp3) is 0. The molecule has 0 N–H and O–H groups in total. The SMILES string of the molecule is c1ccc(-n2c3cc(-c4ccc(-c5cccnc5)cc4)ccc3c3ccc4cc(-c5ccncc5)ccc4c32)cc1. The van der Waals surface area contributed by atoms with Gasteiger partial charge in [0.25, 0.3) is 0 Å². The molecule has 8 aromatic rings. The Morgan fingerprint density at radius 2 is 1.07 bits per heavy atom. The summed E-state index contributed by atoms with van der Waals surface area (Å²) in [6.07, 6.45) is 7.41. The number of aromatic nitrogens is 3. The highest BCUT2D eigenvalue weighted by Gasteiger charge is 2.16. The highest BCUT2D eigenvalue weighted by molar-refractivity contribution is 6.19. The lowest BCUT2D eigenvalue weighted by Gasteiger charge is -2.11. The summed E-state index contributed by atoms with van der Waals surface area (Å²) < 4.78 is 2.42. The fourth-order valence-electron chi connectivity index (χ4n) is 5.97. The largest absolute Gasteiger partial charge is 0.309 e. The number of pyridine rings is 2. The van der Waals surface area contributed by atoms with Gasteiger partial charge in [-0.25, -0.2) is 0 Å². The first-order chi connectivity index (χ1) is 20.3. The Bertz CT molecular complexity index is 2160.